The van der Waals surface area contributed by atoms with Crippen LogP contribution in [0.25, 0.3) is 0 Å². The Labute approximate surface area is 77.7 Å². The van der Waals surface area contributed by atoms with Crippen LogP contribution in [-0.2, 0) is 0 Å². The van der Waals surface area contributed by atoms with Gasteiger partial charge in [-0.25, -0.2) is 0 Å². The zero-order chi connectivity index (χ0) is 7.82. The highest BCUT2D eigenvalue weighted by atomic mass is 35.5. The van der Waals surface area contributed by atoms with E-state index in [1.807, 2.05) is 11.8 Å². The summed E-state index contributed by atoms with van der Waals surface area (Å²) < 4.78 is 0. The Morgan fingerprint density at radius 3 is 2.30 bits per heavy atom. The van der Waals surface area contributed by atoms with E-state index in [1.165, 1.54) is 18.6 Å². The molecule has 0 nitrogen and oxygen atoms in total. The van der Waals surface area contributed by atoms with E-state index in [4.69, 9.17) is 23.2 Å². The predicted molar refractivity (Wildman–Crippen MR) is 52.6 cm³/mol. The maximum Gasteiger partial charge on any atom is 0.0354 e. The zero-order valence-electron chi connectivity index (χ0n) is 6.28. The van der Waals surface area contributed by atoms with Gasteiger partial charge >= 0.3 is 0 Å². The summed E-state index contributed by atoms with van der Waals surface area (Å²) in [5, 5.41) is 0.454. The summed E-state index contributed by atoms with van der Waals surface area (Å²) in [5.74, 6) is 2.55. The molecule has 0 aromatic heterocycles. The molecule has 0 radical (unpaired) electrons. The average Bonchev–Trinajstić information content (AvgIpc) is 1.99. The monoisotopic (exact) mass is 200 g/mol. The van der Waals surface area contributed by atoms with Crippen LogP contribution >= 0.6 is 35.0 Å². The first-order valence-corrected chi connectivity index (χ1v) is 5.70. The largest absolute Gasteiger partial charge is 0.156 e. The second-order valence-corrected chi connectivity index (χ2v) is 4.18. The lowest BCUT2D eigenvalue weighted by molar-refractivity contribution is 0.893. The Kier molecular flexibility index (Phi) is 8.78. The Bertz CT molecular complexity index is 64.6. The van der Waals surface area contributed by atoms with Gasteiger partial charge in [0.15, 0.2) is 0 Å². The van der Waals surface area contributed by atoms with Crippen molar-refractivity contribution in [2.75, 3.05) is 17.5 Å². The molecule has 0 spiro atoms. The lowest BCUT2D eigenvalue weighted by atomic mass is 10.4. The molecule has 0 N–H and O–H groups in total. The summed E-state index contributed by atoms with van der Waals surface area (Å²) in [6.45, 7) is 2.19. The second kappa shape index (κ2) is 8.03. The van der Waals surface area contributed by atoms with Gasteiger partial charge in [0, 0.05) is 17.0 Å². The van der Waals surface area contributed by atoms with Gasteiger partial charge in [-0.15, -0.1) is 23.2 Å². The number of hydrogen-bond acceptors (Lipinski definition) is 1. The lowest BCUT2D eigenvalue weighted by Crippen LogP contribution is -2.06. The molecule has 0 saturated heterocycles. The summed E-state index contributed by atoms with van der Waals surface area (Å²) in [5.41, 5.74) is 0. The number of halogens is 2. The van der Waals surface area contributed by atoms with Crippen LogP contribution in [0.4, 0.5) is 0 Å². The third-order valence-corrected chi connectivity index (χ3v) is 3.64. The van der Waals surface area contributed by atoms with Crippen LogP contribution in [0.3, 0.4) is 0 Å². The molecule has 0 heterocycles. The lowest BCUT2D eigenvalue weighted by Gasteiger charge is -2.07. The highest BCUT2D eigenvalue weighted by Crippen LogP contribution is 2.15. The van der Waals surface area contributed by atoms with E-state index in [1.54, 1.807) is 0 Å². The minimum atomic E-state index is 0.454. The molecular formula is C7H14Cl2S. The molecule has 0 rings (SSSR count). The van der Waals surface area contributed by atoms with Gasteiger partial charge in [0.2, 0.25) is 0 Å². The van der Waals surface area contributed by atoms with Gasteiger partial charge in [0.1, 0.15) is 0 Å². The first-order valence-electron chi connectivity index (χ1n) is 3.58. The molecule has 10 heavy (non-hydrogen) atoms. The number of hydrogen-bond donors (Lipinski definition) is 0. The Balaban J connectivity index is 3.09. The first kappa shape index (κ1) is 10.9. The van der Waals surface area contributed by atoms with Gasteiger partial charge in [-0.2, -0.15) is 11.8 Å². The van der Waals surface area contributed by atoms with Crippen LogP contribution in [0.1, 0.15) is 19.8 Å². The molecule has 62 valence electrons. The van der Waals surface area contributed by atoms with Crippen LogP contribution in [0.15, 0.2) is 0 Å². The topological polar surface area (TPSA) is 0 Å². The SMILES string of the molecule is CCCCSC(CCl)CCl. The van der Waals surface area contributed by atoms with Gasteiger partial charge in [0.25, 0.3) is 0 Å². The van der Waals surface area contributed by atoms with Gasteiger partial charge in [0.05, 0.1) is 0 Å². The maximum absolute atomic E-state index is 5.64. The molecule has 0 amide bonds. The highest BCUT2D eigenvalue weighted by Gasteiger charge is 2.04. The molecule has 0 saturated carbocycles. The van der Waals surface area contributed by atoms with Crippen LogP contribution in [0.5, 0.6) is 0 Å². The molecule has 0 bridgehead atoms. The molecule has 0 aliphatic carbocycles. The van der Waals surface area contributed by atoms with Gasteiger partial charge in [-0.3, -0.25) is 0 Å². The minimum absolute atomic E-state index is 0.454. The van der Waals surface area contributed by atoms with Crippen LogP contribution in [0.2, 0.25) is 0 Å². The van der Waals surface area contributed by atoms with E-state index in [0.29, 0.717) is 17.0 Å². The predicted octanol–water partition coefficient (Wildman–Crippen LogP) is 3.37. The minimum Gasteiger partial charge on any atom is -0.156 e. The van der Waals surface area contributed by atoms with E-state index >= 15 is 0 Å². The molecule has 0 aliphatic rings. The molecule has 0 unspecified atom stereocenters. The quantitative estimate of drug-likeness (QED) is 0.469. The first-order chi connectivity index (χ1) is 4.85. The van der Waals surface area contributed by atoms with E-state index in [-0.39, 0.29) is 0 Å². The molecule has 0 atom stereocenters. The van der Waals surface area contributed by atoms with Crippen LogP contribution in [-0.4, -0.2) is 22.8 Å². The molecule has 0 fully saturated rings. The Hall–Kier alpha value is 0.930. The van der Waals surface area contributed by atoms with Crippen molar-refractivity contribution in [2.24, 2.45) is 0 Å². The molecule has 0 aliphatic heterocycles. The van der Waals surface area contributed by atoms with Crippen molar-refractivity contribution in [1.82, 2.24) is 0 Å². The van der Waals surface area contributed by atoms with E-state index in [0.717, 1.165) is 0 Å². The smallest absolute Gasteiger partial charge is 0.0354 e. The van der Waals surface area contributed by atoms with Crippen molar-refractivity contribution in [1.29, 1.82) is 0 Å². The van der Waals surface area contributed by atoms with Crippen molar-refractivity contribution >= 4 is 35.0 Å². The van der Waals surface area contributed by atoms with Crippen molar-refractivity contribution in [2.45, 2.75) is 25.0 Å². The van der Waals surface area contributed by atoms with Crippen molar-refractivity contribution in [3.8, 4) is 0 Å². The fourth-order valence-corrected chi connectivity index (χ4v) is 2.36. The summed E-state index contributed by atoms with van der Waals surface area (Å²) in [6, 6.07) is 0. The highest BCUT2D eigenvalue weighted by molar-refractivity contribution is 8.00. The number of alkyl halides is 2. The standard InChI is InChI=1S/C7H14Cl2S/c1-2-3-4-10-7(5-8)6-9/h7H,2-6H2,1H3. The number of rotatable bonds is 6. The molecule has 0 aromatic rings. The summed E-state index contributed by atoms with van der Waals surface area (Å²) in [7, 11) is 0. The third-order valence-electron chi connectivity index (χ3n) is 1.20. The third kappa shape index (κ3) is 5.70. The fourth-order valence-electron chi connectivity index (χ4n) is 0.525. The molecule has 0 aromatic carbocycles. The fraction of sp³-hybridized carbons (Fsp3) is 1.00. The molecule has 3 heteroatoms. The normalized spacial score (nSPS) is 10.8. The summed E-state index contributed by atoms with van der Waals surface area (Å²) >= 11 is 13.2. The zero-order valence-corrected chi connectivity index (χ0v) is 8.61. The van der Waals surface area contributed by atoms with Gasteiger partial charge < -0.3 is 0 Å². The Morgan fingerprint density at radius 1 is 1.30 bits per heavy atom. The van der Waals surface area contributed by atoms with Crippen molar-refractivity contribution in [3.63, 3.8) is 0 Å². The van der Waals surface area contributed by atoms with Crippen LogP contribution < -0.4 is 0 Å². The van der Waals surface area contributed by atoms with Crippen molar-refractivity contribution < 1.29 is 0 Å². The van der Waals surface area contributed by atoms with Gasteiger partial charge in [-0.1, -0.05) is 13.3 Å². The summed E-state index contributed by atoms with van der Waals surface area (Å²) in [4.78, 5) is 0. The maximum atomic E-state index is 5.64. The van der Waals surface area contributed by atoms with Crippen LogP contribution in [0, 0.1) is 0 Å². The average molecular weight is 201 g/mol. The number of unbranched alkanes of at least 4 members (excludes halogenated alkanes) is 1. The van der Waals surface area contributed by atoms with E-state index in [2.05, 4.69) is 6.92 Å². The Morgan fingerprint density at radius 2 is 1.90 bits per heavy atom. The van der Waals surface area contributed by atoms with Crippen molar-refractivity contribution in [3.05, 3.63) is 0 Å². The van der Waals surface area contributed by atoms with E-state index in [9.17, 15) is 0 Å². The van der Waals surface area contributed by atoms with Gasteiger partial charge in [-0.05, 0) is 12.2 Å². The van der Waals surface area contributed by atoms with E-state index < -0.39 is 0 Å². The molecular weight excluding hydrogens is 187 g/mol. The second-order valence-electron chi connectivity index (χ2n) is 2.15. The summed E-state index contributed by atoms with van der Waals surface area (Å²) in [6.07, 6.45) is 2.53. The number of thioether (sulfide) groups is 1.